The van der Waals surface area contributed by atoms with Crippen LogP contribution in [0, 0.1) is 0 Å². The summed E-state index contributed by atoms with van der Waals surface area (Å²) < 4.78 is 0. The summed E-state index contributed by atoms with van der Waals surface area (Å²) in [6.07, 6.45) is 0. The molecule has 1 atom stereocenters. The van der Waals surface area contributed by atoms with Gasteiger partial charge in [-0.1, -0.05) is 23.3 Å². The van der Waals surface area contributed by atoms with Crippen LogP contribution in [0.3, 0.4) is 0 Å². The Morgan fingerprint density at radius 2 is 2.13 bits per heavy atom. The Labute approximate surface area is 88.6 Å². The highest BCUT2D eigenvalue weighted by molar-refractivity contribution is 5.53. The Hall–Kier alpha value is -1.71. The minimum absolute atomic E-state index is 0.186. The molecule has 0 saturated carbocycles. The van der Waals surface area contributed by atoms with Crippen molar-refractivity contribution in [3.8, 4) is 0 Å². The lowest BCUT2D eigenvalue weighted by Crippen LogP contribution is -2.13. The van der Waals surface area contributed by atoms with E-state index in [1.807, 2.05) is 43.3 Å². The predicted molar refractivity (Wildman–Crippen MR) is 59.7 cm³/mol. The van der Waals surface area contributed by atoms with Crippen molar-refractivity contribution >= 4 is 5.69 Å². The molecule has 0 aliphatic carbocycles. The topological polar surface area (TPSA) is 72.2 Å². The molecular formula is C10H14N4O. The average Bonchev–Trinajstić information content (AvgIpc) is 2.26. The van der Waals surface area contributed by atoms with Crippen LogP contribution in [0.4, 0.5) is 5.69 Å². The van der Waals surface area contributed by atoms with Crippen LogP contribution in [0.2, 0.25) is 0 Å². The van der Waals surface area contributed by atoms with Gasteiger partial charge in [-0.2, -0.15) is 0 Å². The van der Waals surface area contributed by atoms with Gasteiger partial charge >= 0.3 is 0 Å². The Kier molecular flexibility index (Phi) is 3.97. The van der Waals surface area contributed by atoms with Gasteiger partial charge in [0.1, 0.15) is 0 Å². The number of rotatable bonds is 4. The highest BCUT2D eigenvalue weighted by Gasteiger charge is 2.13. The number of hydrogen-bond donors (Lipinski definition) is 1. The van der Waals surface area contributed by atoms with Gasteiger partial charge < -0.3 is 10.0 Å². The third kappa shape index (κ3) is 2.62. The van der Waals surface area contributed by atoms with Gasteiger partial charge in [0, 0.05) is 24.7 Å². The Morgan fingerprint density at radius 1 is 1.47 bits per heavy atom. The molecule has 1 N–H and O–H groups in total. The fraction of sp³-hybridized carbons (Fsp3) is 0.400. The first kappa shape index (κ1) is 11.4. The molecule has 1 rings (SSSR count). The zero-order valence-corrected chi connectivity index (χ0v) is 8.83. The molecule has 80 valence electrons. The first-order valence-corrected chi connectivity index (χ1v) is 4.62. The van der Waals surface area contributed by atoms with Crippen molar-refractivity contribution in [3.05, 3.63) is 40.3 Å². The van der Waals surface area contributed by atoms with E-state index in [0.29, 0.717) is 0 Å². The summed E-state index contributed by atoms with van der Waals surface area (Å²) in [5, 5.41) is 12.7. The highest BCUT2D eigenvalue weighted by atomic mass is 16.3. The lowest BCUT2D eigenvalue weighted by Gasteiger charge is -2.19. The summed E-state index contributed by atoms with van der Waals surface area (Å²) in [5.41, 5.74) is 10.2. The molecule has 5 nitrogen and oxygen atoms in total. The lowest BCUT2D eigenvalue weighted by atomic mass is 10.1. The quantitative estimate of drug-likeness (QED) is 0.465. The van der Waals surface area contributed by atoms with Gasteiger partial charge in [-0.25, -0.2) is 0 Å². The minimum Gasteiger partial charge on any atom is -0.396 e. The standard InChI is InChI=1S/C10H14N4O/c1-14(2)10-6-4-3-5-8(10)9(7-15)12-13-11/h3-6,9,15H,7H2,1-2H3. The summed E-state index contributed by atoms with van der Waals surface area (Å²) in [4.78, 5) is 4.65. The van der Waals surface area contributed by atoms with Crippen molar-refractivity contribution in [2.24, 2.45) is 5.11 Å². The van der Waals surface area contributed by atoms with Crippen molar-refractivity contribution in [2.75, 3.05) is 25.6 Å². The van der Waals surface area contributed by atoms with Gasteiger partial charge in [0.25, 0.3) is 0 Å². The molecule has 0 bridgehead atoms. The molecule has 1 aromatic rings. The smallest absolute Gasteiger partial charge is 0.0876 e. The molecule has 0 radical (unpaired) electrons. The maximum Gasteiger partial charge on any atom is 0.0876 e. The fourth-order valence-corrected chi connectivity index (χ4v) is 1.44. The average molecular weight is 206 g/mol. The first-order valence-electron chi connectivity index (χ1n) is 4.62. The molecule has 5 heteroatoms. The third-order valence-corrected chi connectivity index (χ3v) is 2.14. The lowest BCUT2D eigenvalue weighted by molar-refractivity contribution is 0.268. The number of anilines is 1. The van der Waals surface area contributed by atoms with Crippen molar-refractivity contribution in [1.82, 2.24) is 0 Å². The van der Waals surface area contributed by atoms with E-state index in [2.05, 4.69) is 10.0 Å². The largest absolute Gasteiger partial charge is 0.396 e. The van der Waals surface area contributed by atoms with Crippen molar-refractivity contribution in [2.45, 2.75) is 6.04 Å². The van der Waals surface area contributed by atoms with Crippen LogP contribution in [-0.2, 0) is 0 Å². The normalized spacial score (nSPS) is 11.7. The summed E-state index contributed by atoms with van der Waals surface area (Å²) in [7, 11) is 3.81. The van der Waals surface area contributed by atoms with E-state index in [1.54, 1.807) is 0 Å². The number of benzene rings is 1. The number of aliphatic hydroxyl groups excluding tert-OH is 1. The van der Waals surface area contributed by atoms with Crippen LogP contribution in [0.15, 0.2) is 29.4 Å². The molecule has 1 aromatic carbocycles. The van der Waals surface area contributed by atoms with Gasteiger partial charge in [-0.05, 0) is 17.2 Å². The van der Waals surface area contributed by atoms with Crippen LogP contribution in [0.5, 0.6) is 0 Å². The predicted octanol–water partition coefficient (Wildman–Crippen LogP) is 2.10. The fourth-order valence-electron chi connectivity index (χ4n) is 1.44. The van der Waals surface area contributed by atoms with Crippen molar-refractivity contribution in [1.29, 1.82) is 0 Å². The molecule has 0 spiro atoms. The molecule has 0 aliphatic rings. The number of aliphatic hydroxyl groups is 1. The zero-order valence-electron chi connectivity index (χ0n) is 8.83. The van der Waals surface area contributed by atoms with Crippen molar-refractivity contribution < 1.29 is 5.11 Å². The van der Waals surface area contributed by atoms with E-state index in [9.17, 15) is 0 Å². The zero-order chi connectivity index (χ0) is 11.3. The third-order valence-electron chi connectivity index (χ3n) is 2.14. The van der Waals surface area contributed by atoms with Gasteiger partial charge in [-0.15, -0.1) is 0 Å². The molecule has 0 aromatic heterocycles. The van der Waals surface area contributed by atoms with E-state index in [4.69, 9.17) is 10.6 Å². The molecule has 1 unspecified atom stereocenters. The Morgan fingerprint density at radius 3 is 2.67 bits per heavy atom. The Balaban J connectivity index is 3.15. The summed E-state index contributed by atoms with van der Waals surface area (Å²) >= 11 is 0. The summed E-state index contributed by atoms with van der Waals surface area (Å²) in [6, 6.07) is 7.02. The van der Waals surface area contributed by atoms with Gasteiger partial charge in [-0.3, -0.25) is 0 Å². The Bertz CT molecular complexity index is 371. The molecule has 0 fully saturated rings. The molecule has 0 aliphatic heterocycles. The molecule has 0 saturated heterocycles. The molecule has 15 heavy (non-hydrogen) atoms. The van der Waals surface area contributed by atoms with Crippen molar-refractivity contribution in [3.63, 3.8) is 0 Å². The van der Waals surface area contributed by atoms with Crippen LogP contribution < -0.4 is 4.90 Å². The second-order valence-electron chi connectivity index (χ2n) is 3.36. The van der Waals surface area contributed by atoms with E-state index >= 15 is 0 Å². The number of azide groups is 1. The highest BCUT2D eigenvalue weighted by Crippen LogP contribution is 2.27. The molecule has 0 heterocycles. The second kappa shape index (κ2) is 5.24. The van der Waals surface area contributed by atoms with Gasteiger partial charge in [0.2, 0.25) is 0 Å². The second-order valence-corrected chi connectivity index (χ2v) is 3.36. The number of nitrogens with zero attached hydrogens (tertiary/aromatic N) is 4. The summed E-state index contributed by atoms with van der Waals surface area (Å²) in [5.74, 6) is 0. The first-order chi connectivity index (χ1) is 7.20. The van der Waals surface area contributed by atoms with Crippen LogP contribution >= 0.6 is 0 Å². The van der Waals surface area contributed by atoms with Gasteiger partial charge in [0.05, 0.1) is 12.6 Å². The SMILES string of the molecule is CN(C)c1ccccc1C(CO)N=[N+]=[N-]. The van der Waals surface area contributed by atoms with Gasteiger partial charge in [0.15, 0.2) is 0 Å². The van der Waals surface area contributed by atoms with E-state index < -0.39 is 6.04 Å². The molecule has 0 amide bonds. The maximum atomic E-state index is 9.13. The van der Waals surface area contributed by atoms with E-state index in [-0.39, 0.29) is 6.61 Å². The minimum atomic E-state index is -0.520. The number of para-hydroxylation sites is 1. The van der Waals surface area contributed by atoms with Crippen LogP contribution in [-0.4, -0.2) is 25.8 Å². The molecular weight excluding hydrogens is 192 g/mol. The van der Waals surface area contributed by atoms with E-state index in [1.165, 1.54) is 0 Å². The maximum absolute atomic E-state index is 9.13. The van der Waals surface area contributed by atoms with Crippen LogP contribution in [0.25, 0.3) is 10.4 Å². The van der Waals surface area contributed by atoms with Crippen LogP contribution in [0.1, 0.15) is 11.6 Å². The van der Waals surface area contributed by atoms with E-state index in [0.717, 1.165) is 11.3 Å². The summed E-state index contributed by atoms with van der Waals surface area (Å²) in [6.45, 7) is -0.186. The monoisotopic (exact) mass is 206 g/mol. The number of hydrogen-bond acceptors (Lipinski definition) is 3.